The van der Waals surface area contributed by atoms with Crippen LogP contribution in [0.2, 0.25) is 5.02 Å². The second kappa shape index (κ2) is 9.59. The van der Waals surface area contributed by atoms with Gasteiger partial charge in [0.1, 0.15) is 0 Å². The van der Waals surface area contributed by atoms with Crippen molar-refractivity contribution in [3.63, 3.8) is 0 Å². The van der Waals surface area contributed by atoms with Crippen molar-refractivity contribution >= 4 is 39.2 Å². The normalized spacial score (nSPS) is 15.5. The third-order valence-electron chi connectivity index (χ3n) is 5.05. The number of hydrogen-bond acceptors (Lipinski definition) is 5. The minimum absolute atomic E-state index is 0.0897. The number of nitrogens with zero attached hydrogens (tertiary/aromatic N) is 1. The van der Waals surface area contributed by atoms with Gasteiger partial charge in [-0.25, -0.2) is 17.5 Å². The monoisotopic (exact) mass is 450 g/mol. The summed E-state index contributed by atoms with van der Waals surface area (Å²) >= 11 is 5.85. The SMILES string of the molecule is COC(=O)c1ccc(NC(=O)C2CCN(S(=O)(=O)Cc3ccc(Cl)cc3)CC2)cc1. The molecule has 2 aromatic rings. The van der Waals surface area contributed by atoms with E-state index in [1.165, 1.54) is 11.4 Å². The van der Waals surface area contributed by atoms with Gasteiger partial charge >= 0.3 is 5.97 Å². The van der Waals surface area contributed by atoms with Crippen LogP contribution in [0.4, 0.5) is 5.69 Å². The lowest BCUT2D eigenvalue weighted by Crippen LogP contribution is -2.41. The summed E-state index contributed by atoms with van der Waals surface area (Å²) < 4.78 is 31.4. The second-order valence-corrected chi connectivity index (χ2v) is 9.52. The van der Waals surface area contributed by atoms with Crippen molar-refractivity contribution in [2.75, 3.05) is 25.5 Å². The third-order valence-corrected chi connectivity index (χ3v) is 7.16. The molecular formula is C21H23ClN2O5S. The molecule has 0 unspecified atom stereocenters. The van der Waals surface area contributed by atoms with E-state index in [1.807, 2.05) is 0 Å². The fourth-order valence-corrected chi connectivity index (χ4v) is 5.02. The van der Waals surface area contributed by atoms with E-state index in [2.05, 4.69) is 10.1 Å². The van der Waals surface area contributed by atoms with Crippen molar-refractivity contribution in [2.24, 2.45) is 5.92 Å². The molecule has 0 spiro atoms. The molecule has 1 saturated heterocycles. The first-order valence-corrected chi connectivity index (χ1v) is 11.5. The van der Waals surface area contributed by atoms with Gasteiger partial charge in [-0.2, -0.15) is 0 Å². The fourth-order valence-electron chi connectivity index (χ4n) is 3.33. The molecule has 1 heterocycles. The van der Waals surface area contributed by atoms with Crippen LogP contribution < -0.4 is 5.32 Å². The Morgan fingerprint density at radius 2 is 1.67 bits per heavy atom. The number of piperidine rings is 1. The minimum atomic E-state index is -3.46. The van der Waals surface area contributed by atoms with E-state index in [-0.39, 0.29) is 17.6 Å². The Morgan fingerprint density at radius 1 is 1.07 bits per heavy atom. The summed E-state index contributed by atoms with van der Waals surface area (Å²) in [5.41, 5.74) is 1.65. The van der Waals surface area contributed by atoms with Gasteiger partial charge in [0, 0.05) is 29.7 Å². The van der Waals surface area contributed by atoms with Gasteiger partial charge in [-0.15, -0.1) is 0 Å². The Balaban J connectivity index is 1.53. The zero-order valence-electron chi connectivity index (χ0n) is 16.5. The van der Waals surface area contributed by atoms with Crippen molar-refractivity contribution in [3.8, 4) is 0 Å². The van der Waals surface area contributed by atoms with Crippen LogP contribution in [0.5, 0.6) is 0 Å². The molecule has 0 atom stereocenters. The molecule has 1 aliphatic heterocycles. The number of nitrogens with one attached hydrogen (secondary N) is 1. The molecule has 0 saturated carbocycles. The summed E-state index contributed by atoms with van der Waals surface area (Å²) in [4.78, 5) is 24.0. The smallest absolute Gasteiger partial charge is 0.337 e. The van der Waals surface area contributed by atoms with E-state index in [9.17, 15) is 18.0 Å². The number of halogens is 1. The van der Waals surface area contributed by atoms with Crippen LogP contribution in [-0.2, 0) is 25.3 Å². The Kier molecular flexibility index (Phi) is 7.12. The number of anilines is 1. The van der Waals surface area contributed by atoms with Gasteiger partial charge in [0.15, 0.2) is 0 Å². The van der Waals surface area contributed by atoms with E-state index in [4.69, 9.17) is 11.6 Å². The van der Waals surface area contributed by atoms with Gasteiger partial charge < -0.3 is 10.1 Å². The van der Waals surface area contributed by atoms with Crippen molar-refractivity contribution in [2.45, 2.75) is 18.6 Å². The number of carbonyl (C=O) groups excluding carboxylic acids is 2. The number of esters is 1. The molecular weight excluding hydrogens is 428 g/mol. The zero-order chi connectivity index (χ0) is 21.7. The highest BCUT2D eigenvalue weighted by Gasteiger charge is 2.31. The maximum Gasteiger partial charge on any atom is 0.337 e. The Bertz CT molecular complexity index is 999. The van der Waals surface area contributed by atoms with Crippen LogP contribution in [0.25, 0.3) is 0 Å². The summed E-state index contributed by atoms with van der Waals surface area (Å²) in [6, 6.07) is 13.2. The molecule has 7 nitrogen and oxygen atoms in total. The van der Waals surface area contributed by atoms with Gasteiger partial charge in [0.2, 0.25) is 15.9 Å². The molecule has 3 rings (SSSR count). The number of benzene rings is 2. The highest BCUT2D eigenvalue weighted by molar-refractivity contribution is 7.88. The van der Waals surface area contributed by atoms with Crippen LogP contribution in [0.1, 0.15) is 28.8 Å². The first kappa shape index (κ1) is 22.3. The second-order valence-electron chi connectivity index (χ2n) is 7.11. The van der Waals surface area contributed by atoms with Crippen LogP contribution in [0.3, 0.4) is 0 Å². The summed E-state index contributed by atoms with van der Waals surface area (Å²) in [6.07, 6.45) is 0.901. The molecule has 30 heavy (non-hydrogen) atoms. The van der Waals surface area contributed by atoms with Crippen molar-refractivity contribution < 1.29 is 22.7 Å². The van der Waals surface area contributed by atoms with Gasteiger partial charge in [0.25, 0.3) is 0 Å². The maximum absolute atomic E-state index is 12.7. The van der Waals surface area contributed by atoms with Crippen LogP contribution in [0.15, 0.2) is 48.5 Å². The van der Waals surface area contributed by atoms with Crippen molar-refractivity contribution in [1.29, 1.82) is 0 Å². The van der Waals surface area contributed by atoms with Gasteiger partial charge in [-0.05, 0) is 54.8 Å². The Morgan fingerprint density at radius 3 is 2.23 bits per heavy atom. The fraction of sp³-hybridized carbons (Fsp3) is 0.333. The number of amides is 1. The summed E-state index contributed by atoms with van der Waals surface area (Å²) in [5.74, 6) is -0.962. The zero-order valence-corrected chi connectivity index (χ0v) is 18.1. The molecule has 1 aliphatic rings. The molecule has 9 heteroatoms. The first-order chi connectivity index (χ1) is 14.3. The van der Waals surface area contributed by atoms with E-state index in [0.29, 0.717) is 47.8 Å². The number of ether oxygens (including phenoxy) is 1. The van der Waals surface area contributed by atoms with Crippen molar-refractivity contribution in [3.05, 3.63) is 64.7 Å². The molecule has 1 N–H and O–H groups in total. The average molecular weight is 451 g/mol. The van der Waals surface area contributed by atoms with E-state index < -0.39 is 16.0 Å². The number of sulfonamides is 1. The lowest BCUT2D eigenvalue weighted by molar-refractivity contribution is -0.120. The predicted octanol–water partition coefficient (Wildman–Crippen LogP) is 3.31. The number of hydrogen-bond donors (Lipinski definition) is 1. The Labute approximate surface area is 181 Å². The summed E-state index contributed by atoms with van der Waals surface area (Å²) in [7, 11) is -2.15. The third kappa shape index (κ3) is 5.59. The van der Waals surface area contributed by atoms with E-state index >= 15 is 0 Å². The standard InChI is InChI=1S/C21H23ClN2O5S/c1-29-21(26)17-4-8-19(9-5-17)23-20(25)16-10-12-24(13-11-16)30(27,28)14-15-2-6-18(22)7-3-15/h2-9,16H,10-14H2,1H3,(H,23,25). The highest BCUT2D eigenvalue weighted by Crippen LogP contribution is 2.24. The van der Waals surface area contributed by atoms with Gasteiger partial charge in [0.05, 0.1) is 18.4 Å². The maximum atomic E-state index is 12.7. The molecule has 0 radical (unpaired) electrons. The van der Waals surface area contributed by atoms with Gasteiger partial charge in [-0.1, -0.05) is 23.7 Å². The molecule has 2 aromatic carbocycles. The molecule has 1 amide bonds. The van der Waals surface area contributed by atoms with Gasteiger partial charge in [-0.3, -0.25) is 4.79 Å². The summed E-state index contributed by atoms with van der Waals surface area (Å²) in [6.45, 7) is 0.602. The first-order valence-electron chi connectivity index (χ1n) is 9.50. The average Bonchev–Trinajstić information content (AvgIpc) is 2.75. The largest absolute Gasteiger partial charge is 0.465 e. The van der Waals surface area contributed by atoms with Crippen LogP contribution in [0, 0.1) is 5.92 Å². The summed E-state index contributed by atoms with van der Waals surface area (Å²) in [5, 5.41) is 3.38. The molecule has 1 fully saturated rings. The van der Waals surface area contributed by atoms with E-state index in [0.717, 1.165) is 0 Å². The number of rotatable bonds is 6. The lowest BCUT2D eigenvalue weighted by atomic mass is 9.97. The number of methoxy groups -OCH3 is 1. The molecule has 0 aliphatic carbocycles. The predicted molar refractivity (Wildman–Crippen MR) is 115 cm³/mol. The molecule has 160 valence electrons. The number of carbonyl (C=O) groups is 2. The molecule has 0 aromatic heterocycles. The molecule has 0 bridgehead atoms. The quantitative estimate of drug-likeness (QED) is 0.681. The highest BCUT2D eigenvalue weighted by atomic mass is 35.5. The van der Waals surface area contributed by atoms with Crippen molar-refractivity contribution in [1.82, 2.24) is 4.31 Å². The lowest BCUT2D eigenvalue weighted by Gasteiger charge is -2.30. The Hall–Kier alpha value is -2.42. The van der Waals surface area contributed by atoms with E-state index in [1.54, 1.807) is 48.5 Å². The van der Waals surface area contributed by atoms with Crippen LogP contribution in [-0.4, -0.2) is 44.8 Å². The topological polar surface area (TPSA) is 92.8 Å². The van der Waals surface area contributed by atoms with Crippen LogP contribution >= 0.6 is 11.6 Å². The minimum Gasteiger partial charge on any atom is -0.465 e.